The van der Waals surface area contributed by atoms with Crippen molar-refractivity contribution in [2.45, 2.75) is 51.9 Å². The van der Waals surface area contributed by atoms with Crippen LogP contribution in [-0.4, -0.2) is 35.9 Å². The van der Waals surface area contributed by atoms with Gasteiger partial charge >= 0.3 is 12.4 Å². The first-order valence-corrected chi connectivity index (χ1v) is 10.2. The highest BCUT2D eigenvalue weighted by Gasteiger charge is 2.38. The van der Waals surface area contributed by atoms with E-state index >= 15 is 0 Å². The average molecular weight is 465 g/mol. The van der Waals surface area contributed by atoms with Gasteiger partial charge in [-0.1, -0.05) is 38.3 Å². The van der Waals surface area contributed by atoms with Crippen molar-refractivity contribution in [1.29, 1.82) is 0 Å². The summed E-state index contributed by atoms with van der Waals surface area (Å²) in [5.74, 6) is -0.956. The highest BCUT2D eigenvalue weighted by atomic mass is 19.4. The second kappa shape index (κ2) is 11.2. The Morgan fingerprint density at radius 2 is 1.66 bits per heavy atom. The van der Waals surface area contributed by atoms with Crippen molar-refractivity contribution in [2.24, 2.45) is 0 Å². The fourth-order valence-electron chi connectivity index (χ4n) is 2.87. The molecule has 0 amide bonds. The summed E-state index contributed by atoms with van der Waals surface area (Å²) in [6.07, 6.45) is -5.40. The fraction of sp³-hybridized carbons (Fsp3) is 0.524. The molecule has 11 heteroatoms. The van der Waals surface area contributed by atoms with Crippen molar-refractivity contribution >= 4 is 11.6 Å². The smallest absolute Gasteiger partial charge is 0.423 e. The summed E-state index contributed by atoms with van der Waals surface area (Å²) in [6, 6.07) is 6.81. The topological polar surface area (TPSA) is 47.5 Å². The largest absolute Gasteiger partial charge is 0.491 e. The zero-order valence-electron chi connectivity index (χ0n) is 17.8. The van der Waals surface area contributed by atoms with E-state index in [1.807, 2.05) is 0 Å². The highest BCUT2D eigenvalue weighted by molar-refractivity contribution is 5.65. The van der Waals surface area contributed by atoms with Gasteiger partial charge in [0.05, 0.1) is 12.3 Å². The van der Waals surface area contributed by atoms with Crippen LogP contribution in [0.5, 0.6) is 11.6 Å². The molecule has 0 saturated carbocycles. The fourth-order valence-corrected chi connectivity index (χ4v) is 2.87. The van der Waals surface area contributed by atoms with Gasteiger partial charge in [-0.15, -0.1) is 0 Å². The Balaban J connectivity index is 2.34. The second-order valence-corrected chi connectivity index (χ2v) is 6.91. The molecule has 0 atom stereocenters. The number of aromatic nitrogens is 2. The van der Waals surface area contributed by atoms with Crippen LogP contribution in [-0.2, 0) is 6.18 Å². The number of nitrogens with zero attached hydrogens (tertiary/aromatic N) is 3. The van der Waals surface area contributed by atoms with E-state index < -0.39 is 30.4 Å². The van der Waals surface area contributed by atoms with Crippen LogP contribution < -0.4 is 14.4 Å². The van der Waals surface area contributed by atoms with Gasteiger partial charge < -0.3 is 14.4 Å². The number of unbranched alkanes of at least 4 members (excludes halogenated alkanes) is 3. The first-order chi connectivity index (χ1) is 15.1. The quantitative estimate of drug-likeness (QED) is 0.278. The standard InChI is InChI=1S/C21H25F6N3O2/c1-3-5-6-9-12-31-17-11-8-7-10-16(17)30(4-2)19-28-13-15(21(25,26)27)18(29-19)32-14-20(22,23)24/h7-8,10-11,13H,3-6,9,12,14H2,1-2H3. The molecule has 0 spiro atoms. The molecule has 1 heterocycles. The Bertz CT molecular complexity index is 858. The maximum absolute atomic E-state index is 13.2. The number of ether oxygens (including phenoxy) is 2. The maximum Gasteiger partial charge on any atom is 0.423 e. The third kappa shape index (κ3) is 7.45. The van der Waals surface area contributed by atoms with Gasteiger partial charge in [-0.2, -0.15) is 31.3 Å². The van der Waals surface area contributed by atoms with Gasteiger partial charge in [-0.05, 0) is 25.5 Å². The summed E-state index contributed by atoms with van der Waals surface area (Å²) >= 11 is 0. The summed E-state index contributed by atoms with van der Waals surface area (Å²) < 4.78 is 87.5. The lowest BCUT2D eigenvalue weighted by Gasteiger charge is -2.24. The molecule has 1 aromatic heterocycles. The molecule has 0 fully saturated rings. The van der Waals surface area contributed by atoms with Crippen LogP contribution in [0.15, 0.2) is 30.5 Å². The van der Waals surface area contributed by atoms with E-state index in [9.17, 15) is 26.3 Å². The molecule has 0 aliphatic heterocycles. The lowest BCUT2D eigenvalue weighted by atomic mass is 10.2. The Labute approximate surface area is 182 Å². The molecule has 0 unspecified atom stereocenters. The van der Waals surface area contributed by atoms with Gasteiger partial charge in [0, 0.05) is 12.7 Å². The van der Waals surface area contributed by atoms with Gasteiger partial charge in [-0.25, -0.2) is 4.98 Å². The molecular weight excluding hydrogens is 440 g/mol. The SMILES string of the molecule is CCCCCCOc1ccccc1N(CC)c1ncc(C(F)(F)F)c(OCC(F)(F)F)n1. The molecule has 0 aliphatic rings. The predicted octanol–water partition coefficient (Wildman–Crippen LogP) is 6.55. The Kier molecular flexibility index (Phi) is 8.97. The van der Waals surface area contributed by atoms with E-state index in [0.717, 1.165) is 25.7 Å². The molecule has 2 rings (SSSR count). The van der Waals surface area contributed by atoms with Gasteiger partial charge in [0.1, 0.15) is 11.3 Å². The first kappa shape index (κ1) is 25.5. The summed E-state index contributed by atoms with van der Waals surface area (Å²) in [7, 11) is 0. The normalized spacial score (nSPS) is 12.0. The van der Waals surface area contributed by atoms with Crippen molar-refractivity contribution in [3.8, 4) is 11.6 Å². The lowest BCUT2D eigenvalue weighted by Crippen LogP contribution is -2.24. The zero-order chi connectivity index (χ0) is 23.8. The van der Waals surface area contributed by atoms with Crippen molar-refractivity contribution in [3.63, 3.8) is 0 Å². The molecular formula is C21H25F6N3O2. The second-order valence-electron chi connectivity index (χ2n) is 6.91. The molecule has 32 heavy (non-hydrogen) atoms. The molecule has 1 aromatic carbocycles. The molecule has 2 aromatic rings. The number of alkyl halides is 6. The third-order valence-electron chi connectivity index (χ3n) is 4.39. The highest BCUT2D eigenvalue weighted by Crippen LogP contribution is 2.38. The monoisotopic (exact) mass is 465 g/mol. The van der Waals surface area contributed by atoms with E-state index in [1.54, 1.807) is 31.2 Å². The predicted molar refractivity (Wildman–Crippen MR) is 107 cm³/mol. The van der Waals surface area contributed by atoms with E-state index in [4.69, 9.17) is 4.74 Å². The number of hydrogen-bond acceptors (Lipinski definition) is 5. The summed E-state index contributed by atoms with van der Waals surface area (Å²) in [5.41, 5.74) is -1.01. The van der Waals surface area contributed by atoms with Gasteiger partial charge in [-0.3, -0.25) is 0 Å². The van der Waals surface area contributed by atoms with Gasteiger partial charge in [0.2, 0.25) is 11.8 Å². The van der Waals surface area contributed by atoms with E-state index in [2.05, 4.69) is 21.6 Å². The van der Waals surface area contributed by atoms with Crippen LogP contribution in [0.3, 0.4) is 0 Å². The van der Waals surface area contributed by atoms with Gasteiger partial charge in [0.25, 0.3) is 0 Å². The average Bonchev–Trinajstić information content (AvgIpc) is 2.72. The van der Waals surface area contributed by atoms with Crippen LogP contribution >= 0.6 is 0 Å². The van der Waals surface area contributed by atoms with Crippen LogP contribution in [0.2, 0.25) is 0 Å². The number of para-hydroxylation sites is 2. The number of benzene rings is 1. The maximum atomic E-state index is 13.2. The minimum atomic E-state index is -4.98. The summed E-state index contributed by atoms with van der Waals surface area (Å²) in [6.45, 7) is 2.56. The summed E-state index contributed by atoms with van der Waals surface area (Å²) in [5, 5.41) is 0. The number of anilines is 2. The molecule has 0 bridgehead atoms. The summed E-state index contributed by atoms with van der Waals surface area (Å²) in [4.78, 5) is 8.85. The van der Waals surface area contributed by atoms with Crippen molar-refractivity contribution in [1.82, 2.24) is 9.97 Å². The van der Waals surface area contributed by atoms with Gasteiger partial charge in [0.15, 0.2) is 6.61 Å². The molecule has 178 valence electrons. The van der Waals surface area contributed by atoms with Crippen LogP contribution in [0.4, 0.5) is 38.0 Å². The Morgan fingerprint density at radius 1 is 0.938 bits per heavy atom. The minimum Gasteiger partial charge on any atom is -0.491 e. The molecule has 0 N–H and O–H groups in total. The molecule has 0 aliphatic carbocycles. The number of rotatable bonds is 11. The van der Waals surface area contributed by atoms with Crippen molar-refractivity contribution in [3.05, 3.63) is 36.0 Å². The number of hydrogen-bond donors (Lipinski definition) is 0. The van der Waals surface area contributed by atoms with E-state index in [1.165, 1.54) is 4.90 Å². The zero-order valence-corrected chi connectivity index (χ0v) is 17.8. The molecule has 5 nitrogen and oxygen atoms in total. The molecule has 0 radical (unpaired) electrons. The Morgan fingerprint density at radius 3 is 2.28 bits per heavy atom. The first-order valence-electron chi connectivity index (χ1n) is 10.2. The number of halogens is 6. The lowest BCUT2D eigenvalue weighted by molar-refractivity contribution is -0.159. The van der Waals surface area contributed by atoms with E-state index in [-0.39, 0.29) is 12.5 Å². The third-order valence-corrected chi connectivity index (χ3v) is 4.39. The van der Waals surface area contributed by atoms with Crippen LogP contribution in [0, 0.1) is 0 Å². The minimum absolute atomic E-state index is 0.223. The van der Waals surface area contributed by atoms with Crippen molar-refractivity contribution in [2.75, 3.05) is 24.7 Å². The van der Waals surface area contributed by atoms with Crippen LogP contribution in [0.25, 0.3) is 0 Å². The Hall–Kier alpha value is -2.72. The van der Waals surface area contributed by atoms with E-state index in [0.29, 0.717) is 24.2 Å². The molecule has 0 saturated heterocycles. The van der Waals surface area contributed by atoms with Crippen LogP contribution in [0.1, 0.15) is 45.1 Å². The van der Waals surface area contributed by atoms with Crippen molar-refractivity contribution < 1.29 is 35.8 Å².